The summed E-state index contributed by atoms with van der Waals surface area (Å²) in [5.41, 5.74) is 1.36. The second kappa shape index (κ2) is 8.20. The summed E-state index contributed by atoms with van der Waals surface area (Å²) in [5.74, 6) is 1.09. The first kappa shape index (κ1) is 13.1. The molecule has 0 fully saturated rings. The number of aryl methyl sites for hydroxylation is 1. The van der Waals surface area contributed by atoms with Gasteiger partial charge in [-0.3, -0.25) is 0 Å². The van der Waals surface area contributed by atoms with Crippen molar-refractivity contribution < 1.29 is 4.74 Å². The minimum Gasteiger partial charge on any atom is -0.493 e. The van der Waals surface area contributed by atoms with Crippen LogP contribution in [-0.2, 0) is 6.42 Å². The molecule has 0 N–H and O–H groups in total. The predicted molar refractivity (Wildman–Crippen MR) is 70.1 cm³/mol. The maximum absolute atomic E-state index is 5.84. The van der Waals surface area contributed by atoms with Crippen LogP contribution in [-0.4, -0.2) is 6.61 Å². The molecule has 0 saturated heterocycles. The lowest BCUT2D eigenvalue weighted by Crippen LogP contribution is -2.00. The smallest absolute Gasteiger partial charge is 0.122 e. The van der Waals surface area contributed by atoms with Gasteiger partial charge in [0.15, 0.2) is 0 Å². The van der Waals surface area contributed by atoms with Gasteiger partial charge in [0.05, 0.1) is 6.61 Å². The Morgan fingerprint density at radius 3 is 2.44 bits per heavy atom. The van der Waals surface area contributed by atoms with Gasteiger partial charge < -0.3 is 4.74 Å². The van der Waals surface area contributed by atoms with Gasteiger partial charge in [-0.2, -0.15) is 0 Å². The van der Waals surface area contributed by atoms with Crippen LogP contribution in [0.3, 0.4) is 0 Å². The molecule has 1 nitrogen and oxygen atoms in total. The monoisotopic (exact) mass is 220 g/mol. The first-order chi connectivity index (χ1) is 7.88. The van der Waals surface area contributed by atoms with Crippen LogP contribution in [0.15, 0.2) is 24.3 Å². The molecule has 1 aromatic rings. The van der Waals surface area contributed by atoms with Crippen LogP contribution in [0.4, 0.5) is 0 Å². The predicted octanol–water partition coefficient (Wildman–Crippen LogP) is 4.60. The molecule has 0 heterocycles. The molecule has 0 aliphatic carbocycles. The zero-order valence-corrected chi connectivity index (χ0v) is 10.7. The van der Waals surface area contributed by atoms with Crippen molar-refractivity contribution in [2.45, 2.75) is 52.4 Å². The fraction of sp³-hybridized carbons (Fsp3) is 0.600. The first-order valence-electron chi connectivity index (χ1n) is 6.59. The van der Waals surface area contributed by atoms with E-state index in [0.29, 0.717) is 0 Å². The van der Waals surface area contributed by atoms with E-state index in [1.54, 1.807) is 0 Å². The fourth-order valence-corrected chi connectivity index (χ4v) is 1.75. The summed E-state index contributed by atoms with van der Waals surface area (Å²) in [5, 5.41) is 0. The van der Waals surface area contributed by atoms with Crippen molar-refractivity contribution in [3.63, 3.8) is 0 Å². The quantitative estimate of drug-likeness (QED) is 0.582. The van der Waals surface area contributed by atoms with E-state index in [4.69, 9.17) is 4.74 Å². The maximum atomic E-state index is 5.84. The summed E-state index contributed by atoms with van der Waals surface area (Å²) in [7, 11) is 0. The van der Waals surface area contributed by atoms with Gasteiger partial charge >= 0.3 is 0 Å². The van der Waals surface area contributed by atoms with E-state index in [1.165, 1.54) is 37.7 Å². The van der Waals surface area contributed by atoms with Crippen LogP contribution in [0.1, 0.15) is 51.5 Å². The van der Waals surface area contributed by atoms with Crippen LogP contribution >= 0.6 is 0 Å². The molecule has 0 aliphatic heterocycles. The van der Waals surface area contributed by atoms with Crippen molar-refractivity contribution in [3.8, 4) is 5.75 Å². The Hall–Kier alpha value is -0.980. The van der Waals surface area contributed by atoms with Crippen molar-refractivity contribution in [3.05, 3.63) is 29.8 Å². The molecule has 0 aromatic heterocycles. The molecule has 0 spiro atoms. The summed E-state index contributed by atoms with van der Waals surface area (Å²) in [4.78, 5) is 0. The van der Waals surface area contributed by atoms with E-state index in [0.717, 1.165) is 18.8 Å². The van der Waals surface area contributed by atoms with Gasteiger partial charge in [-0.25, -0.2) is 0 Å². The van der Waals surface area contributed by atoms with Gasteiger partial charge in [0.25, 0.3) is 0 Å². The third kappa shape index (κ3) is 4.69. The summed E-state index contributed by atoms with van der Waals surface area (Å²) in [6.07, 6.45) is 7.30. The molecule has 1 heteroatoms. The third-order valence-electron chi connectivity index (χ3n) is 2.78. The molecular weight excluding hydrogens is 196 g/mol. The van der Waals surface area contributed by atoms with Crippen molar-refractivity contribution in [2.75, 3.05) is 6.61 Å². The van der Waals surface area contributed by atoms with Gasteiger partial charge in [-0.15, -0.1) is 0 Å². The van der Waals surface area contributed by atoms with Crippen LogP contribution in [0.2, 0.25) is 0 Å². The molecule has 0 radical (unpaired) electrons. The number of rotatable bonds is 8. The van der Waals surface area contributed by atoms with Crippen LogP contribution < -0.4 is 4.74 Å². The van der Waals surface area contributed by atoms with Crippen molar-refractivity contribution in [2.24, 2.45) is 0 Å². The van der Waals surface area contributed by atoms with Crippen molar-refractivity contribution >= 4 is 0 Å². The number of unbranched alkanes of at least 4 members (excludes halogenated alkanes) is 3. The zero-order valence-electron chi connectivity index (χ0n) is 10.7. The molecule has 0 aliphatic rings. The van der Waals surface area contributed by atoms with E-state index in [1.807, 2.05) is 0 Å². The lowest BCUT2D eigenvalue weighted by molar-refractivity contribution is 0.303. The number of hydrogen-bond acceptors (Lipinski definition) is 1. The normalized spacial score (nSPS) is 10.4. The Bertz CT molecular complexity index is 281. The van der Waals surface area contributed by atoms with E-state index in [2.05, 4.69) is 38.1 Å². The highest BCUT2D eigenvalue weighted by atomic mass is 16.5. The van der Waals surface area contributed by atoms with Crippen molar-refractivity contribution in [1.29, 1.82) is 0 Å². The van der Waals surface area contributed by atoms with Crippen LogP contribution in [0.25, 0.3) is 0 Å². The van der Waals surface area contributed by atoms with Crippen molar-refractivity contribution in [1.82, 2.24) is 0 Å². The molecule has 90 valence electrons. The van der Waals surface area contributed by atoms with E-state index >= 15 is 0 Å². The number of ether oxygens (including phenoxy) is 1. The van der Waals surface area contributed by atoms with Crippen LogP contribution in [0.5, 0.6) is 5.75 Å². The average Bonchev–Trinajstić information content (AvgIpc) is 2.33. The van der Waals surface area contributed by atoms with Gasteiger partial charge in [0.2, 0.25) is 0 Å². The minimum atomic E-state index is 0.858. The number of hydrogen-bond donors (Lipinski definition) is 0. The highest BCUT2D eigenvalue weighted by Crippen LogP contribution is 2.20. The first-order valence-corrected chi connectivity index (χ1v) is 6.59. The minimum absolute atomic E-state index is 0.858. The molecule has 1 rings (SSSR count). The second-order valence-corrected chi connectivity index (χ2v) is 4.27. The standard InChI is InChI=1S/C15H24O/c1-3-5-9-13-16-15-12-8-7-11-14(15)10-6-4-2/h7-8,11-12H,3-6,9-10,13H2,1-2H3. The molecule has 16 heavy (non-hydrogen) atoms. The summed E-state index contributed by atoms with van der Waals surface area (Å²) in [6.45, 7) is 5.30. The van der Waals surface area contributed by atoms with E-state index in [-0.39, 0.29) is 0 Å². The Kier molecular flexibility index (Phi) is 6.71. The highest BCUT2D eigenvalue weighted by Gasteiger charge is 2.01. The SMILES string of the molecule is CCCCCOc1ccccc1CCCC. The fourth-order valence-electron chi connectivity index (χ4n) is 1.75. The lowest BCUT2D eigenvalue weighted by atomic mass is 10.1. The van der Waals surface area contributed by atoms with Gasteiger partial charge in [0.1, 0.15) is 5.75 Å². The molecular formula is C15H24O. The van der Waals surface area contributed by atoms with E-state index < -0.39 is 0 Å². The molecule has 0 atom stereocenters. The average molecular weight is 220 g/mol. The van der Waals surface area contributed by atoms with Gasteiger partial charge in [-0.05, 0) is 30.9 Å². The number of para-hydroxylation sites is 1. The Morgan fingerprint density at radius 2 is 1.69 bits per heavy atom. The maximum Gasteiger partial charge on any atom is 0.122 e. The second-order valence-electron chi connectivity index (χ2n) is 4.27. The largest absolute Gasteiger partial charge is 0.493 e. The molecule has 1 aromatic carbocycles. The summed E-state index contributed by atoms with van der Waals surface area (Å²) < 4.78 is 5.84. The molecule has 0 saturated carbocycles. The summed E-state index contributed by atoms with van der Waals surface area (Å²) in [6, 6.07) is 8.44. The Labute approximate surface area is 99.8 Å². The van der Waals surface area contributed by atoms with Gasteiger partial charge in [-0.1, -0.05) is 51.3 Å². The zero-order chi connectivity index (χ0) is 11.6. The third-order valence-corrected chi connectivity index (χ3v) is 2.78. The highest BCUT2D eigenvalue weighted by molar-refractivity contribution is 5.33. The van der Waals surface area contributed by atoms with E-state index in [9.17, 15) is 0 Å². The Morgan fingerprint density at radius 1 is 0.938 bits per heavy atom. The van der Waals surface area contributed by atoms with Gasteiger partial charge in [0, 0.05) is 0 Å². The number of benzene rings is 1. The Balaban J connectivity index is 2.43. The molecule has 0 amide bonds. The molecule has 0 unspecified atom stereocenters. The van der Waals surface area contributed by atoms with Crippen LogP contribution in [0, 0.1) is 0 Å². The lowest BCUT2D eigenvalue weighted by Gasteiger charge is -2.10. The topological polar surface area (TPSA) is 9.23 Å². The molecule has 0 bridgehead atoms. The summed E-state index contributed by atoms with van der Waals surface area (Å²) >= 11 is 0.